The van der Waals surface area contributed by atoms with Crippen molar-refractivity contribution in [2.45, 2.75) is 5.92 Å². The number of pyridine rings is 1. The van der Waals surface area contributed by atoms with Crippen molar-refractivity contribution >= 4 is 17.5 Å². The van der Waals surface area contributed by atoms with Crippen LogP contribution >= 0.6 is 11.6 Å². The zero-order valence-electron chi connectivity index (χ0n) is 6.57. The molecule has 0 saturated carbocycles. The van der Waals surface area contributed by atoms with E-state index in [2.05, 4.69) is 4.98 Å². The van der Waals surface area contributed by atoms with E-state index in [1.165, 1.54) is 12.3 Å². The van der Waals surface area contributed by atoms with Gasteiger partial charge in [0.2, 0.25) is 5.91 Å². The second-order valence-electron chi connectivity index (χ2n) is 2.37. The molecule has 0 aromatic carbocycles. The molecule has 0 bridgehead atoms. The van der Waals surface area contributed by atoms with E-state index in [0.717, 1.165) is 0 Å². The zero-order valence-corrected chi connectivity index (χ0v) is 7.32. The Morgan fingerprint density at radius 3 is 2.77 bits per heavy atom. The summed E-state index contributed by atoms with van der Waals surface area (Å²) in [5, 5.41) is 9.04. The van der Waals surface area contributed by atoms with Crippen molar-refractivity contribution in [2.75, 3.05) is 0 Å². The SMILES string of the molecule is N#CC(C(N)=O)c1ccc(Cl)cn1. The predicted molar refractivity (Wildman–Crippen MR) is 46.8 cm³/mol. The Hall–Kier alpha value is -1.60. The number of hydrogen-bond acceptors (Lipinski definition) is 3. The van der Waals surface area contributed by atoms with Gasteiger partial charge < -0.3 is 5.73 Å². The Bertz CT molecular complexity index is 355. The lowest BCUT2D eigenvalue weighted by Crippen LogP contribution is -2.20. The normalized spacial score (nSPS) is 11.7. The maximum absolute atomic E-state index is 10.7. The highest BCUT2D eigenvalue weighted by molar-refractivity contribution is 6.30. The average molecular weight is 196 g/mol. The molecule has 0 aliphatic heterocycles. The molecule has 0 spiro atoms. The number of primary amides is 1. The summed E-state index contributed by atoms with van der Waals surface area (Å²) in [7, 11) is 0. The lowest BCUT2D eigenvalue weighted by Gasteiger charge is -2.02. The summed E-state index contributed by atoms with van der Waals surface area (Å²) in [5.41, 5.74) is 5.30. The standard InChI is InChI=1S/C8H6ClN3O/c9-5-1-2-7(12-4-5)6(3-10)8(11)13/h1-2,4,6H,(H2,11,13). The number of hydrogen-bond donors (Lipinski definition) is 1. The summed E-state index contributed by atoms with van der Waals surface area (Å²) in [4.78, 5) is 14.6. The molecule has 66 valence electrons. The molecule has 0 aliphatic rings. The highest BCUT2D eigenvalue weighted by Gasteiger charge is 2.17. The van der Waals surface area contributed by atoms with Crippen LogP contribution in [0, 0.1) is 11.3 Å². The molecule has 13 heavy (non-hydrogen) atoms. The van der Waals surface area contributed by atoms with Gasteiger partial charge in [-0.25, -0.2) is 0 Å². The molecule has 0 aliphatic carbocycles. The maximum Gasteiger partial charge on any atom is 0.240 e. The van der Waals surface area contributed by atoms with E-state index in [0.29, 0.717) is 10.7 Å². The van der Waals surface area contributed by atoms with Crippen LogP contribution in [0.15, 0.2) is 18.3 Å². The molecule has 2 N–H and O–H groups in total. The Balaban J connectivity index is 3.01. The lowest BCUT2D eigenvalue weighted by molar-refractivity contribution is -0.118. The van der Waals surface area contributed by atoms with Gasteiger partial charge in [-0.05, 0) is 12.1 Å². The molecule has 1 heterocycles. The third kappa shape index (κ3) is 2.17. The Labute approximate surface area is 79.9 Å². The van der Waals surface area contributed by atoms with Crippen LogP contribution in [0.5, 0.6) is 0 Å². The van der Waals surface area contributed by atoms with Crippen LogP contribution in [0.3, 0.4) is 0 Å². The van der Waals surface area contributed by atoms with Gasteiger partial charge >= 0.3 is 0 Å². The molecule has 1 aromatic rings. The first-order valence-corrected chi connectivity index (χ1v) is 3.83. The van der Waals surface area contributed by atoms with Gasteiger partial charge in [0.05, 0.1) is 16.8 Å². The molecule has 0 radical (unpaired) electrons. The first kappa shape index (κ1) is 9.49. The molecule has 1 atom stereocenters. The summed E-state index contributed by atoms with van der Waals surface area (Å²) in [6, 6.07) is 4.81. The fourth-order valence-corrected chi connectivity index (χ4v) is 0.945. The van der Waals surface area contributed by atoms with E-state index in [4.69, 9.17) is 22.6 Å². The van der Waals surface area contributed by atoms with E-state index < -0.39 is 11.8 Å². The van der Waals surface area contributed by atoms with Crippen molar-refractivity contribution in [1.82, 2.24) is 4.98 Å². The number of rotatable bonds is 2. The van der Waals surface area contributed by atoms with Crippen molar-refractivity contribution < 1.29 is 4.79 Å². The minimum absolute atomic E-state index is 0.319. The zero-order chi connectivity index (χ0) is 9.84. The number of nitriles is 1. The second-order valence-corrected chi connectivity index (χ2v) is 2.80. The summed E-state index contributed by atoms with van der Waals surface area (Å²) in [5.74, 6) is -1.71. The minimum Gasteiger partial charge on any atom is -0.368 e. The number of nitrogens with two attached hydrogens (primary N) is 1. The van der Waals surface area contributed by atoms with Crippen molar-refractivity contribution in [2.24, 2.45) is 5.73 Å². The largest absolute Gasteiger partial charge is 0.368 e. The molecule has 1 amide bonds. The van der Waals surface area contributed by atoms with Gasteiger partial charge in [0.25, 0.3) is 0 Å². The Morgan fingerprint density at radius 2 is 2.38 bits per heavy atom. The van der Waals surface area contributed by atoms with E-state index >= 15 is 0 Å². The van der Waals surface area contributed by atoms with E-state index in [1.54, 1.807) is 12.1 Å². The summed E-state index contributed by atoms with van der Waals surface area (Å²) < 4.78 is 0. The van der Waals surface area contributed by atoms with Gasteiger partial charge in [0.1, 0.15) is 0 Å². The van der Waals surface area contributed by atoms with Gasteiger partial charge in [-0.2, -0.15) is 5.26 Å². The summed E-state index contributed by atoms with van der Waals surface area (Å²) in [6.07, 6.45) is 1.37. The van der Waals surface area contributed by atoms with Crippen molar-refractivity contribution in [1.29, 1.82) is 5.26 Å². The average Bonchev–Trinajstić information content (AvgIpc) is 2.09. The second kappa shape index (κ2) is 3.87. The lowest BCUT2D eigenvalue weighted by atomic mass is 10.1. The first-order valence-electron chi connectivity index (χ1n) is 3.45. The van der Waals surface area contributed by atoms with Gasteiger partial charge in [0, 0.05) is 6.20 Å². The number of carbonyl (C=O) groups excluding carboxylic acids is 1. The maximum atomic E-state index is 10.7. The number of carbonyl (C=O) groups is 1. The minimum atomic E-state index is -1.00. The molecule has 5 heteroatoms. The quantitative estimate of drug-likeness (QED) is 0.759. The van der Waals surface area contributed by atoms with Crippen LogP contribution in [0.25, 0.3) is 0 Å². The molecule has 1 unspecified atom stereocenters. The third-order valence-corrected chi connectivity index (χ3v) is 1.68. The monoisotopic (exact) mass is 195 g/mol. The van der Waals surface area contributed by atoms with Crippen LogP contribution in [0.1, 0.15) is 11.6 Å². The Kier molecular flexibility index (Phi) is 2.83. The predicted octanol–water partition coefficient (Wildman–Crippen LogP) is 0.827. The third-order valence-electron chi connectivity index (χ3n) is 1.46. The molecule has 1 rings (SSSR count). The molecule has 0 fully saturated rings. The molecule has 4 nitrogen and oxygen atoms in total. The van der Waals surface area contributed by atoms with Crippen molar-refractivity contribution in [3.05, 3.63) is 29.0 Å². The molecular formula is C8H6ClN3O. The van der Waals surface area contributed by atoms with Crippen LogP contribution in [-0.2, 0) is 4.79 Å². The topological polar surface area (TPSA) is 79.8 Å². The number of amides is 1. The van der Waals surface area contributed by atoms with E-state index in [-0.39, 0.29) is 0 Å². The van der Waals surface area contributed by atoms with Crippen LogP contribution in [0.4, 0.5) is 0 Å². The fourth-order valence-electron chi connectivity index (χ4n) is 0.834. The van der Waals surface area contributed by atoms with Crippen molar-refractivity contribution in [3.63, 3.8) is 0 Å². The smallest absolute Gasteiger partial charge is 0.240 e. The van der Waals surface area contributed by atoms with E-state index in [1.807, 2.05) is 0 Å². The first-order chi connectivity index (χ1) is 6.15. The van der Waals surface area contributed by atoms with Crippen LogP contribution in [-0.4, -0.2) is 10.9 Å². The highest BCUT2D eigenvalue weighted by Crippen LogP contribution is 2.14. The summed E-state index contributed by atoms with van der Waals surface area (Å²) in [6.45, 7) is 0. The van der Waals surface area contributed by atoms with Gasteiger partial charge in [-0.3, -0.25) is 9.78 Å². The molecule has 0 saturated heterocycles. The Morgan fingerprint density at radius 1 is 1.69 bits per heavy atom. The summed E-state index contributed by atoms with van der Waals surface area (Å²) >= 11 is 5.58. The van der Waals surface area contributed by atoms with E-state index in [9.17, 15) is 4.79 Å². The number of aromatic nitrogens is 1. The van der Waals surface area contributed by atoms with Gasteiger partial charge in [-0.1, -0.05) is 11.6 Å². The molecular weight excluding hydrogens is 190 g/mol. The fraction of sp³-hybridized carbons (Fsp3) is 0.125. The van der Waals surface area contributed by atoms with Gasteiger partial charge in [0.15, 0.2) is 5.92 Å². The highest BCUT2D eigenvalue weighted by atomic mass is 35.5. The molecule has 1 aromatic heterocycles. The van der Waals surface area contributed by atoms with Crippen molar-refractivity contribution in [3.8, 4) is 6.07 Å². The number of halogens is 1. The van der Waals surface area contributed by atoms with Crippen LogP contribution < -0.4 is 5.73 Å². The number of nitrogens with zero attached hydrogens (tertiary/aromatic N) is 2. The van der Waals surface area contributed by atoms with Gasteiger partial charge in [-0.15, -0.1) is 0 Å². The van der Waals surface area contributed by atoms with Crippen LogP contribution in [0.2, 0.25) is 5.02 Å².